The maximum absolute atomic E-state index is 13.1. The molecule has 7 atom stereocenters. The number of hydrogen-bond donors (Lipinski definition) is 3. The minimum atomic E-state index is -4.96. The highest BCUT2D eigenvalue weighted by atomic mass is 31.2. The van der Waals surface area contributed by atoms with Crippen LogP contribution in [0, 0.1) is 23.7 Å². The lowest BCUT2D eigenvalue weighted by molar-refractivity contribution is -0.161. The van der Waals surface area contributed by atoms with Gasteiger partial charge in [-0.05, 0) is 49.4 Å². The van der Waals surface area contributed by atoms with E-state index in [2.05, 4.69) is 55.4 Å². The number of rotatable bonds is 77. The lowest BCUT2D eigenvalue weighted by atomic mass is 9.99. The lowest BCUT2D eigenvalue weighted by Crippen LogP contribution is -2.30. The zero-order chi connectivity index (χ0) is 73.1. The van der Waals surface area contributed by atoms with Gasteiger partial charge in [0.05, 0.1) is 26.4 Å². The number of esters is 4. The molecular formula is C80H156O17P2. The zero-order valence-corrected chi connectivity index (χ0v) is 66.9. The van der Waals surface area contributed by atoms with Crippen molar-refractivity contribution in [1.82, 2.24) is 0 Å². The lowest BCUT2D eigenvalue weighted by Gasteiger charge is -2.21. The molecule has 588 valence electrons. The minimum absolute atomic E-state index is 0.104. The van der Waals surface area contributed by atoms with Gasteiger partial charge in [-0.3, -0.25) is 37.3 Å². The third-order valence-electron chi connectivity index (χ3n) is 19.3. The highest BCUT2D eigenvalue weighted by Gasteiger charge is 2.30. The van der Waals surface area contributed by atoms with E-state index in [1.165, 1.54) is 212 Å². The van der Waals surface area contributed by atoms with Gasteiger partial charge in [-0.2, -0.15) is 0 Å². The molecule has 0 aromatic rings. The summed E-state index contributed by atoms with van der Waals surface area (Å²) in [6, 6.07) is 0. The predicted octanol–water partition coefficient (Wildman–Crippen LogP) is 23.6. The Labute approximate surface area is 607 Å². The van der Waals surface area contributed by atoms with Crippen molar-refractivity contribution in [2.75, 3.05) is 39.6 Å². The summed E-state index contributed by atoms with van der Waals surface area (Å²) < 4.78 is 68.7. The molecule has 0 amide bonds. The van der Waals surface area contributed by atoms with E-state index < -0.39 is 97.5 Å². The van der Waals surface area contributed by atoms with E-state index in [0.717, 1.165) is 114 Å². The van der Waals surface area contributed by atoms with Crippen molar-refractivity contribution in [2.45, 2.75) is 427 Å². The van der Waals surface area contributed by atoms with Crippen LogP contribution in [0.4, 0.5) is 0 Å². The first-order chi connectivity index (χ1) is 47.7. The molecule has 99 heavy (non-hydrogen) atoms. The van der Waals surface area contributed by atoms with E-state index in [9.17, 15) is 43.2 Å². The van der Waals surface area contributed by atoms with E-state index in [-0.39, 0.29) is 25.7 Å². The normalized spacial score (nSPS) is 14.6. The van der Waals surface area contributed by atoms with Crippen LogP contribution in [0.2, 0.25) is 0 Å². The fourth-order valence-corrected chi connectivity index (χ4v) is 13.8. The molecule has 0 bridgehead atoms. The molecule has 0 fully saturated rings. The smallest absolute Gasteiger partial charge is 0.462 e. The molecular weight excluding hydrogens is 1290 g/mol. The fraction of sp³-hybridized carbons (Fsp3) is 0.950. The highest BCUT2D eigenvalue weighted by molar-refractivity contribution is 7.47. The molecule has 0 saturated carbocycles. The van der Waals surface area contributed by atoms with Crippen molar-refractivity contribution in [2.24, 2.45) is 23.7 Å². The molecule has 17 nitrogen and oxygen atoms in total. The third kappa shape index (κ3) is 71.5. The largest absolute Gasteiger partial charge is 0.472 e. The van der Waals surface area contributed by atoms with Crippen LogP contribution in [0.25, 0.3) is 0 Å². The van der Waals surface area contributed by atoms with Crippen molar-refractivity contribution in [3.8, 4) is 0 Å². The number of carbonyl (C=O) groups is 4. The Balaban J connectivity index is 5.25. The molecule has 3 N–H and O–H groups in total. The third-order valence-corrected chi connectivity index (χ3v) is 21.2. The monoisotopic (exact) mass is 1450 g/mol. The Hall–Kier alpha value is -1.94. The average Bonchev–Trinajstić information content (AvgIpc) is 0.976. The van der Waals surface area contributed by atoms with Gasteiger partial charge in [-0.25, -0.2) is 9.13 Å². The van der Waals surface area contributed by atoms with Crippen LogP contribution in [-0.4, -0.2) is 96.7 Å². The molecule has 0 aliphatic rings. The van der Waals surface area contributed by atoms with Gasteiger partial charge in [0.1, 0.15) is 19.3 Å². The number of unbranched alkanes of at least 4 members (excludes halogenated alkanes) is 41. The summed E-state index contributed by atoms with van der Waals surface area (Å²) in [6.45, 7) is 14.3. The quantitative estimate of drug-likeness (QED) is 0.0222. The summed E-state index contributed by atoms with van der Waals surface area (Å²) >= 11 is 0. The van der Waals surface area contributed by atoms with Crippen LogP contribution in [0.3, 0.4) is 0 Å². The van der Waals surface area contributed by atoms with Crippen molar-refractivity contribution in [1.29, 1.82) is 0 Å². The number of aliphatic hydroxyl groups is 1. The molecule has 0 aliphatic carbocycles. The summed E-state index contributed by atoms with van der Waals surface area (Å²) in [7, 11) is -9.92. The number of ether oxygens (including phenoxy) is 4. The van der Waals surface area contributed by atoms with Crippen molar-refractivity contribution in [3.05, 3.63) is 0 Å². The number of hydrogen-bond acceptors (Lipinski definition) is 15. The summed E-state index contributed by atoms with van der Waals surface area (Å²) in [4.78, 5) is 73.0. The second-order valence-electron chi connectivity index (χ2n) is 30.2. The number of aliphatic hydroxyl groups excluding tert-OH is 1. The maximum atomic E-state index is 13.1. The number of carbonyl (C=O) groups excluding carboxylic acids is 4. The molecule has 0 saturated heterocycles. The zero-order valence-electron chi connectivity index (χ0n) is 65.1. The van der Waals surface area contributed by atoms with Gasteiger partial charge in [0.15, 0.2) is 12.2 Å². The molecule has 0 heterocycles. The molecule has 0 aliphatic heterocycles. The van der Waals surface area contributed by atoms with Crippen LogP contribution in [0.15, 0.2) is 0 Å². The van der Waals surface area contributed by atoms with Crippen LogP contribution in [0.1, 0.15) is 409 Å². The number of phosphoric acid groups is 2. The number of phosphoric ester groups is 2. The van der Waals surface area contributed by atoms with Crippen molar-refractivity contribution in [3.63, 3.8) is 0 Å². The Morgan fingerprint density at radius 1 is 0.283 bits per heavy atom. The van der Waals surface area contributed by atoms with Gasteiger partial charge in [0, 0.05) is 25.7 Å². The highest BCUT2D eigenvalue weighted by Crippen LogP contribution is 2.45. The average molecular weight is 1450 g/mol. The Kier molecular flexibility index (Phi) is 67.8. The van der Waals surface area contributed by atoms with E-state index in [4.69, 9.17) is 37.0 Å². The summed E-state index contributed by atoms with van der Waals surface area (Å²) in [5.41, 5.74) is 0. The van der Waals surface area contributed by atoms with Crippen LogP contribution >= 0.6 is 15.6 Å². The molecule has 0 radical (unpaired) electrons. The SMILES string of the molecule is CCC(C)CCCCCCCCCCCCCCCCC(=O)OC[C@H](COP(=O)(O)OCC(O)COP(=O)(O)OC[C@@H](COC(=O)CCCCCCCCCCC(C)C)OC(=O)CCCCCCCCCCCC(C)C)OC(=O)CCCCCCCCCCCCCCCCC(C)CC. The molecule has 0 rings (SSSR count). The molecule has 0 spiro atoms. The second-order valence-corrected chi connectivity index (χ2v) is 33.1. The van der Waals surface area contributed by atoms with Gasteiger partial charge in [0.25, 0.3) is 0 Å². The first-order valence-electron chi connectivity index (χ1n) is 41.3. The topological polar surface area (TPSA) is 237 Å². The van der Waals surface area contributed by atoms with Crippen LogP contribution in [-0.2, 0) is 65.4 Å². The fourth-order valence-electron chi connectivity index (χ4n) is 12.2. The Morgan fingerprint density at radius 2 is 0.485 bits per heavy atom. The Morgan fingerprint density at radius 3 is 0.717 bits per heavy atom. The second kappa shape index (κ2) is 69.1. The van der Waals surface area contributed by atoms with Crippen molar-refractivity contribution < 1.29 is 80.2 Å². The van der Waals surface area contributed by atoms with Crippen LogP contribution < -0.4 is 0 Å². The van der Waals surface area contributed by atoms with Gasteiger partial charge in [0.2, 0.25) is 0 Å². The summed E-state index contributed by atoms with van der Waals surface area (Å²) in [6.07, 6.45) is 55.4. The first-order valence-corrected chi connectivity index (χ1v) is 44.3. The summed E-state index contributed by atoms with van der Waals surface area (Å²) in [5, 5.41) is 10.6. The van der Waals surface area contributed by atoms with Crippen molar-refractivity contribution >= 4 is 39.5 Å². The van der Waals surface area contributed by atoms with Gasteiger partial charge in [-0.1, -0.05) is 357 Å². The van der Waals surface area contributed by atoms with Gasteiger partial charge >= 0.3 is 39.5 Å². The maximum Gasteiger partial charge on any atom is 0.472 e. The van der Waals surface area contributed by atoms with E-state index >= 15 is 0 Å². The van der Waals surface area contributed by atoms with Gasteiger partial charge in [-0.15, -0.1) is 0 Å². The molecule has 19 heteroatoms. The molecule has 5 unspecified atom stereocenters. The van der Waals surface area contributed by atoms with E-state index in [0.29, 0.717) is 25.7 Å². The van der Waals surface area contributed by atoms with Crippen LogP contribution in [0.5, 0.6) is 0 Å². The molecule has 0 aromatic heterocycles. The Bertz CT molecular complexity index is 1940. The standard InChI is InChI=1S/C80H156O17P2/c1-9-72(7)58-50-42-34-25-19-15-11-13-17-21-27-36-44-52-60-77(82)90-66-75(96-79(84)62-54-46-38-28-22-18-14-12-16-20-26-35-43-51-59-73(8)10-2)68-94-98(86,87)92-64-74(81)65-93-99(88,89)95-69-76(67-91-78(83)61-53-45-37-31-30-33-41-49-57-71(5)6)97-80(85)63-55-47-39-29-23-24-32-40-48-56-70(3)4/h70-76,81H,9-69H2,1-8H3,(H,86,87)(H,88,89)/t72?,73?,74?,75-,76-/m1/s1. The molecule has 0 aromatic carbocycles. The van der Waals surface area contributed by atoms with Gasteiger partial charge < -0.3 is 33.8 Å². The minimum Gasteiger partial charge on any atom is -0.462 e. The van der Waals surface area contributed by atoms with E-state index in [1.54, 1.807) is 0 Å². The summed E-state index contributed by atoms with van der Waals surface area (Å²) in [5.74, 6) is 1.04. The predicted molar refractivity (Wildman–Crippen MR) is 404 cm³/mol. The first kappa shape index (κ1) is 97.1. The van der Waals surface area contributed by atoms with E-state index in [1.807, 2.05) is 0 Å².